The van der Waals surface area contributed by atoms with Gasteiger partial charge in [0.15, 0.2) is 0 Å². The van der Waals surface area contributed by atoms with Crippen molar-refractivity contribution in [2.45, 2.75) is 26.3 Å². The molecule has 2 aromatic rings. The number of benzene rings is 1. The van der Waals surface area contributed by atoms with E-state index in [1.54, 1.807) is 23.7 Å². The summed E-state index contributed by atoms with van der Waals surface area (Å²) >= 11 is 0. The highest BCUT2D eigenvalue weighted by Crippen LogP contribution is 2.16. The predicted octanol–water partition coefficient (Wildman–Crippen LogP) is 2.56. The molecule has 1 unspecified atom stereocenters. The Kier molecular flexibility index (Phi) is 4.57. The van der Waals surface area contributed by atoms with Crippen LogP contribution in [0.15, 0.2) is 30.5 Å². The third-order valence-electron chi connectivity index (χ3n) is 3.10. The van der Waals surface area contributed by atoms with Crippen molar-refractivity contribution in [2.24, 2.45) is 7.05 Å². The van der Waals surface area contributed by atoms with Crippen LogP contribution < -0.4 is 10.6 Å². The number of carbonyl (C=O) groups is 1. The topological polar surface area (TPSA) is 59.0 Å². The molecule has 0 spiro atoms. The molecular weight excluding hydrogens is 271 g/mol. The molecule has 5 nitrogen and oxygen atoms in total. The van der Waals surface area contributed by atoms with Crippen LogP contribution in [0.3, 0.4) is 0 Å². The Bertz CT molecular complexity index is 638. The van der Waals surface area contributed by atoms with Crippen molar-refractivity contribution >= 4 is 17.3 Å². The first kappa shape index (κ1) is 15.0. The monoisotopic (exact) mass is 290 g/mol. The minimum atomic E-state index is -0.456. The lowest BCUT2D eigenvalue weighted by Gasteiger charge is -2.15. The van der Waals surface area contributed by atoms with Gasteiger partial charge in [0.25, 0.3) is 0 Å². The molecule has 2 N–H and O–H groups in total. The predicted molar refractivity (Wildman–Crippen MR) is 80.7 cm³/mol. The zero-order chi connectivity index (χ0) is 15.4. The maximum atomic E-state index is 13.1. The molecule has 1 heterocycles. The van der Waals surface area contributed by atoms with Crippen molar-refractivity contribution in [1.29, 1.82) is 0 Å². The minimum Gasteiger partial charge on any atom is -0.371 e. The van der Waals surface area contributed by atoms with Crippen molar-refractivity contribution in [1.82, 2.24) is 9.78 Å². The first-order valence-corrected chi connectivity index (χ1v) is 6.85. The van der Waals surface area contributed by atoms with E-state index < -0.39 is 6.04 Å². The average Bonchev–Trinajstić information content (AvgIpc) is 2.78. The molecule has 1 aromatic heterocycles. The summed E-state index contributed by atoms with van der Waals surface area (Å²) in [5, 5.41) is 10.1. The highest BCUT2D eigenvalue weighted by atomic mass is 19.1. The Hall–Kier alpha value is -2.37. The molecule has 0 radical (unpaired) electrons. The fourth-order valence-corrected chi connectivity index (χ4v) is 2.03. The fraction of sp³-hybridized carbons (Fsp3) is 0.333. The quantitative estimate of drug-likeness (QED) is 0.889. The lowest BCUT2D eigenvalue weighted by atomic mass is 10.2. The van der Waals surface area contributed by atoms with Gasteiger partial charge in [-0.05, 0) is 31.5 Å². The summed E-state index contributed by atoms with van der Waals surface area (Å²) in [5.41, 5.74) is 2.18. The van der Waals surface area contributed by atoms with E-state index in [1.807, 2.05) is 20.2 Å². The fourth-order valence-electron chi connectivity index (χ4n) is 2.03. The molecule has 0 saturated carbocycles. The molecule has 1 aromatic carbocycles. The van der Waals surface area contributed by atoms with Gasteiger partial charge in [-0.2, -0.15) is 5.10 Å². The van der Waals surface area contributed by atoms with Crippen LogP contribution in [0, 0.1) is 5.82 Å². The molecule has 0 fully saturated rings. The summed E-state index contributed by atoms with van der Waals surface area (Å²) in [6.45, 7) is 3.76. The van der Waals surface area contributed by atoms with E-state index in [2.05, 4.69) is 15.7 Å². The van der Waals surface area contributed by atoms with E-state index in [-0.39, 0.29) is 11.7 Å². The number of anilines is 2. The van der Waals surface area contributed by atoms with Crippen molar-refractivity contribution in [3.05, 3.63) is 42.0 Å². The first-order chi connectivity index (χ1) is 9.99. The number of amides is 1. The molecule has 0 aliphatic carbocycles. The number of nitrogens with zero attached hydrogens (tertiary/aromatic N) is 2. The third kappa shape index (κ3) is 3.81. The van der Waals surface area contributed by atoms with Crippen LogP contribution in [-0.4, -0.2) is 21.7 Å². The smallest absolute Gasteiger partial charge is 0.246 e. The zero-order valence-electron chi connectivity index (χ0n) is 12.4. The van der Waals surface area contributed by atoms with Gasteiger partial charge in [-0.15, -0.1) is 0 Å². The standard InChI is InChI=1S/C15H19FN4O/c1-4-13-14(9-20(3)19-13)17-10(2)15(21)18-12-7-5-6-11(16)8-12/h5-10,17H,4H2,1-3H3,(H,18,21). The number of aryl methyl sites for hydroxylation is 2. The van der Waals surface area contributed by atoms with Crippen LogP contribution in [-0.2, 0) is 18.3 Å². The Morgan fingerprint density at radius 2 is 2.24 bits per heavy atom. The van der Waals surface area contributed by atoms with Gasteiger partial charge >= 0.3 is 0 Å². The second kappa shape index (κ2) is 6.39. The number of halogens is 1. The number of hydrogen-bond acceptors (Lipinski definition) is 3. The minimum absolute atomic E-state index is 0.230. The Morgan fingerprint density at radius 1 is 1.48 bits per heavy atom. The maximum Gasteiger partial charge on any atom is 0.246 e. The Labute approximate surface area is 123 Å². The lowest BCUT2D eigenvalue weighted by molar-refractivity contribution is -0.116. The van der Waals surface area contributed by atoms with Crippen LogP contribution in [0.1, 0.15) is 19.5 Å². The number of carbonyl (C=O) groups excluding carboxylic acids is 1. The van der Waals surface area contributed by atoms with Gasteiger partial charge in [0.05, 0.1) is 11.4 Å². The molecule has 1 amide bonds. The van der Waals surface area contributed by atoms with Gasteiger partial charge in [0.2, 0.25) is 5.91 Å². The third-order valence-corrected chi connectivity index (χ3v) is 3.10. The van der Waals surface area contributed by atoms with Crippen LogP contribution >= 0.6 is 0 Å². The number of nitrogens with one attached hydrogen (secondary N) is 2. The molecule has 0 aliphatic rings. The first-order valence-electron chi connectivity index (χ1n) is 6.85. The largest absolute Gasteiger partial charge is 0.371 e. The molecule has 2 rings (SSSR count). The van der Waals surface area contributed by atoms with Crippen molar-refractivity contribution in [2.75, 3.05) is 10.6 Å². The molecule has 112 valence electrons. The number of hydrogen-bond donors (Lipinski definition) is 2. The van der Waals surface area contributed by atoms with Crippen molar-refractivity contribution in [3.8, 4) is 0 Å². The summed E-state index contributed by atoms with van der Waals surface area (Å²) < 4.78 is 14.8. The second-order valence-corrected chi connectivity index (χ2v) is 4.88. The second-order valence-electron chi connectivity index (χ2n) is 4.88. The summed E-state index contributed by atoms with van der Waals surface area (Å²) in [7, 11) is 1.84. The van der Waals surface area contributed by atoms with E-state index >= 15 is 0 Å². The summed E-state index contributed by atoms with van der Waals surface area (Å²) in [4.78, 5) is 12.1. The van der Waals surface area contributed by atoms with Gasteiger partial charge in [-0.3, -0.25) is 9.48 Å². The number of rotatable bonds is 5. The zero-order valence-corrected chi connectivity index (χ0v) is 12.4. The van der Waals surface area contributed by atoms with E-state index in [0.29, 0.717) is 5.69 Å². The average molecular weight is 290 g/mol. The van der Waals surface area contributed by atoms with Crippen molar-refractivity contribution < 1.29 is 9.18 Å². The number of aromatic nitrogens is 2. The highest BCUT2D eigenvalue weighted by molar-refractivity contribution is 5.96. The molecule has 0 saturated heterocycles. The Morgan fingerprint density at radius 3 is 2.90 bits per heavy atom. The van der Waals surface area contributed by atoms with Crippen molar-refractivity contribution in [3.63, 3.8) is 0 Å². The van der Waals surface area contributed by atoms with Gasteiger partial charge < -0.3 is 10.6 Å². The van der Waals surface area contributed by atoms with Crippen LogP contribution in [0.25, 0.3) is 0 Å². The van der Waals surface area contributed by atoms with Gasteiger partial charge in [0, 0.05) is 18.9 Å². The Balaban J connectivity index is 2.02. The van der Waals surface area contributed by atoms with Crippen LogP contribution in [0.5, 0.6) is 0 Å². The van der Waals surface area contributed by atoms with E-state index in [1.165, 1.54) is 12.1 Å². The molecular formula is C15H19FN4O. The van der Waals surface area contributed by atoms with Gasteiger partial charge in [-0.1, -0.05) is 13.0 Å². The highest BCUT2D eigenvalue weighted by Gasteiger charge is 2.16. The molecule has 0 aliphatic heterocycles. The molecule has 21 heavy (non-hydrogen) atoms. The summed E-state index contributed by atoms with van der Waals surface area (Å²) in [6.07, 6.45) is 2.62. The van der Waals surface area contributed by atoms with E-state index in [4.69, 9.17) is 0 Å². The summed E-state index contributed by atoms with van der Waals surface area (Å²) in [5.74, 6) is -0.611. The normalized spacial score (nSPS) is 12.0. The maximum absolute atomic E-state index is 13.1. The van der Waals surface area contributed by atoms with E-state index in [9.17, 15) is 9.18 Å². The SMILES string of the molecule is CCc1nn(C)cc1NC(C)C(=O)Nc1cccc(F)c1. The lowest BCUT2D eigenvalue weighted by Crippen LogP contribution is -2.32. The summed E-state index contributed by atoms with van der Waals surface area (Å²) in [6, 6.07) is 5.36. The molecule has 6 heteroatoms. The van der Waals surface area contributed by atoms with Crippen LogP contribution in [0.4, 0.5) is 15.8 Å². The molecule has 1 atom stereocenters. The van der Waals surface area contributed by atoms with E-state index in [0.717, 1.165) is 17.8 Å². The van der Waals surface area contributed by atoms with Gasteiger partial charge in [0.1, 0.15) is 11.9 Å². The van der Waals surface area contributed by atoms with Crippen LogP contribution in [0.2, 0.25) is 0 Å². The molecule has 0 bridgehead atoms. The van der Waals surface area contributed by atoms with Gasteiger partial charge in [-0.25, -0.2) is 4.39 Å².